The molecule has 0 aromatic rings. The zero-order valence-electron chi connectivity index (χ0n) is 9.74. The molecule has 0 aliphatic heterocycles. The zero-order chi connectivity index (χ0) is 11.8. The van der Waals surface area contributed by atoms with Gasteiger partial charge in [0, 0.05) is 6.16 Å². The minimum absolute atomic E-state index is 0.250. The van der Waals surface area contributed by atoms with Crippen molar-refractivity contribution < 1.29 is 14.2 Å². The van der Waals surface area contributed by atoms with Crippen LogP contribution in [0.1, 0.15) is 27.7 Å². The molecule has 2 atom stereocenters. The summed E-state index contributed by atoms with van der Waals surface area (Å²) < 4.78 is 11.7. The first-order valence-electron chi connectivity index (χ1n) is 4.85. The topological polar surface area (TPSA) is 51.2 Å². The first-order valence-corrected chi connectivity index (χ1v) is 7.38. The molecular formula is C10H21O3P. The summed E-state index contributed by atoms with van der Waals surface area (Å²) in [4.78, 5) is 16.2. The van der Waals surface area contributed by atoms with E-state index in [0.29, 0.717) is 11.8 Å². The Morgan fingerprint density at radius 1 is 1.21 bits per heavy atom. The highest BCUT2D eigenvalue weighted by Crippen LogP contribution is 2.43. The molecule has 0 unspecified atom stereocenters. The van der Waals surface area contributed by atoms with E-state index in [2.05, 4.69) is 20.8 Å². The molecule has 0 aliphatic carbocycles. The molecule has 0 spiro atoms. The van der Waals surface area contributed by atoms with Gasteiger partial charge in [-0.15, -0.1) is 0 Å². The van der Waals surface area contributed by atoms with Gasteiger partial charge in [-0.2, -0.15) is 9.59 Å². The van der Waals surface area contributed by atoms with Crippen LogP contribution in [-0.4, -0.2) is 25.1 Å². The molecule has 4 heteroatoms. The van der Waals surface area contributed by atoms with Gasteiger partial charge in [-0.05, 0) is 24.7 Å². The van der Waals surface area contributed by atoms with Crippen molar-refractivity contribution in [2.45, 2.75) is 27.7 Å². The van der Waals surface area contributed by atoms with Crippen LogP contribution >= 0.6 is 7.14 Å². The van der Waals surface area contributed by atoms with E-state index in [1.165, 1.54) is 0 Å². The molecule has 84 valence electrons. The minimum atomic E-state index is -1.78. The second-order valence-corrected chi connectivity index (χ2v) is 7.69. The van der Waals surface area contributed by atoms with Crippen LogP contribution in [0.2, 0.25) is 0 Å². The molecule has 3 nitrogen and oxygen atoms in total. The summed E-state index contributed by atoms with van der Waals surface area (Å²) in [5.41, 5.74) is 0. The Balaban J connectivity index is 0. The van der Waals surface area contributed by atoms with Crippen molar-refractivity contribution >= 4 is 13.3 Å². The van der Waals surface area contributed by atoms with Crippen molar-refractivity contribution in [2.75, 3.05) is 19.0 Å². The summed E-state index contributed by atoms with van der Waals surface area (Å²) in [5, 5.41) is 0. The fraction of sp³-hybridized carbons (Fsp3) is 0.900. The van der Waals surface area contributed by atoms with Gasteiger partial charge >= 0.3 is 6.15 Å². The minimum Gasteiger partial charge on any atom is -0.324 e. The van der Waals surface area contributed by atoms with Crippen molar-refractivity contribution in [1.82, 2.24) is 0 Å². The van der Waals surface area contributed by atoms with E-state index in [0.717, 1.165) is 12.3 Å². The van der Waals surface area contributed by atoms with Crippen molar-refractivity contribution in [3.8, 4) is 0 Å². The monoisotopic (exact) mass is 220 g/mol. The lowest BCUT2D eigenvalue weighted by Crippen LogP contribution is -2.10. The van der Waals surface area contributed by atoms with Crippen LogP contribution in [0.15, 0.2) is 0 Å². The second-order valence-electron chi connectivity index (χ2n) is 4.10. The number of hydrogen-bond donors (Lipinski definition) is 0. The van der Waals surface area contributed by atoms with E-state index in [1.54, 1.807) is 0 Å². The maximum absolute atomic E-state index is 11.7. The van der Waals surface area contributed by atoms with Crippen LogP contribution in [0, 0.1) is 11.8 Å². The van der Waals surface area contributed by atoms with Crippen molar-refractivity contribution in [3.63, 3.8) is 0 Å². The smallest absolute Gasteiger partial charge is 0.324 e. The molecule has 0 radical (unpaired) electrons. The molecule has 0 N–H and O–H groups in total. The van der Waals surface area contributed by atoms with E-state index >= 15 is 0 Å². The summed E-state index contributed by atoms with van der Waals surface area (Å²) in [5.74, 6) is 1.26. The Kier molecular flexibility index (Phi) is 9.13. The average Bonchev–Trinajstić information content (AvgIpc) is 2.05. The molecule has 0 saturated carbocycles. The third kappa shape index (κ3) is 9.70. The molecule has 0 rings (SSSR count). The molecule has 0 heterocycles. The molecule has 0 aliphatic rings. The predicted octanol–water partition coefficient (Wildman–Crippen LogP) is 2.71. The van der Waals surface area contributed by atoms with E-state index in [9.17, 15) is 4.57 Å². The Morgan fingerprint density at radius 2 is 1.57 bits per heavy atom. The van der Waals surface area contributed by atoms with Gasteiger partial charge in [0.25, 0.3) is 0 Å². The predicted molar refractivity (Wildman–Crippen MR) is 57.9 cm³/mol. The van der Waals surface area contributed by atoms with Gasteiger partial charge < -0.3 is 4.57 Å². The number of rotatable bonds is 4. The summed E-state index contributed by atoms with van der Waals surface area (Å²) in [6.45, 7) is 10.5. The SMILES string of the molecule is CC[P@](C)(=O)C[C@@H](C)C(C)C.O=C=O. The highest BCUT2D eigenvalue weighted by atomic mass is 31.2. The summed E-state index contributed by atoms with van der Waals surface area (Å²) in [6.07, 6.45) is 2.02. The molecule has 0 fully saturated rings. The van der Waals surface area contributed by atoms with Crippen molar-refractivity contribution in [1.29, 1.82) is 0 Å². The molecule has 0 aromatic carbocycles. The lowest BCUT2D eigenvalue weighted by molar-refractivity contribution is -0.191. The fourth-order valence-corrected chi connectivity index (χ4v) is 2.85. The molecule has 0 aromatic heterocycles. The molecular weight excluding hydrogens is 199 g/mol. The highest BCUT2D eigenvalue weighted by Gasteiger charge is 2.18. The van der Waals surface area contributed by atoms with E-state index < -0.39 is 7.14 Å². The second kappa shape index (κ2) is 7.96. The molecule has 0 bridgehead atoms. The van der Waals surface area contributed by atoms with E-state index in [1.807, 2.05) is 13.6 Å². The van der Waals surface area contributed by atoms with Gasteiger partial charge in [-0.1, -0.05) is 27.7 Å². The lowest BCUT2D eigenvalue weighted by Gasteiger charge is -2.19. The lowest BCUT2D eigenvalue weighted by atomic mass is 10.0. The van der Waals surface area contributed by atoms with Crippen LogP contribution in [0.5, 0.6) is 0 Å². The van der Waals surface area contributed by atoms with Crippen molar-refractivity contribution in [2.24, 2.45) is 11.8 Å². The summed E-state index contributed by atoms with van der Waals surface area (Å²) in [6, 6.07) is 0. The van der Waals surface area contributed by atoms with Gasteiger partial charge in [0.2, 0.25) is 0 Å². The normalized spacial score (nSPS) is 16.1. The summed E-state index contributed by atoms with van der Waals surface area (Å²) in [7, 11) is -1.78. The maximum atomic E-state index is 11.7. The van der Waals surface area contributed by atoms with Crippen LogP contribution in [0.4, 0.5) is 0 Å². The average molecular weight is 220 g/mol. The Bertz CT molecular complexity index is 217. The van der Waals surface area contributed by atoms with Gasteiger partial charge in [0.05, 0.1) is 7.14 Å². The Labute approximate surface area is 86.6 Å². The number of carbonyl (C=O) groups excluding carboxylic acids is 2. The quantitative estimate of drug-likeness (QED) is 0.684. The van der Waals surface area contributed by atoms with Crippen LogP contribution in [-0.2, 0) is 14.2 Å². The Hall–Kier alpha value is -0.390. The molecule has 0 saturated heterocycles. The third-order valence-electron chi connectivity index (χ3n) is 2.48. The molecule has 0 amide bonds. The largest absolute Gasteiger partial charge is 0.373 e. The standard InChI is InChI=1S/C9H21OP.CO2/c1-6-11(5,10)7-9(4)8(2)3;2-1-3/h8-9H,6-7H2,1-5H3;/t9-,11+;/m1./s1. The first-order chi connectivity index (χ1) is 6.30. The van der Waals surface area contributed by atoms with Gasteiger partial charge in [-0.3, -0.25) is 0 Å². The summed E-state index contributed by atoms with van der Waals surface area (Å²) >= 11 is 0. The van der Waals surface area contributed by atoms with E-state index in [4.69, 9.17) is 9.59 Å². The van der Waals surface area contributed by atoms with E-state index in [-0.39, 0.29) is 6.15 Å². The van der Waals surface area contributed by atoms with Crippen LogP contribution in [0.25, 0.3) is 0 Å². The van der Waals surface area contributed by atoms with Crippen LogP contribution in [0.3, 0.4) is 0 Å². The fourth-order valence-electron chi connectivity index (χ4n) is 0.949. The van der Waals surface area contributed by atoms with Gasteiger partial charge in [-0.25, -0.2) is 0 Å². The zero-order valence-corrected chi connectivity index (χ0v) is 10.6. The van der Waals surface area contributed by atoms with Gasteiger partial charge in [0.15, 0.2) is 0 Å². The maximum Gasteiger partial charge on any atom is 0.373 e. The molecule has 14 heavy (non-hydrogen) atoms. The van der Waals surface area contributed by atoms with Crippen LogP contribution < -0.4 is 0 Å². The van der Waals surface area contributed by atoms with Gasteiger partial charge in [0.1, 0.15) is 0 Å². The third-order valence-corrected chi connectivity index (χ3v) is 5.17. The van der Waals surface area contributed by atoms with Crippen molar-refractivity contribution in [3.05, 3.63) is 0 Å². The number of hydrogen-bond acceptors (Lipinski definition) is 3. The Morgan fingerprint density at radius 3 is 1.79 bits per heavy atom. The first kappa shape index (κ1) is 16.1. The highest BCUT2D eigenvalue weighted by molar-refractivity contribution is 7.63.